The molecule has 0 unspecified atom stereocenters. The molecule has 1 heterocycles. The summed E-state index contributed by atoms with van der Waals surface area (Å²) in [4.78, 5) is 5.10. The van der Waals surface area contributed by atoms with Gasteiger partial charge >= 0.3 is 0 Å². The van der Waals surface area contributed by atoms with Crippen LogP contribution in [-0.2, 0) is 0 Å². The van der Waals surface area contributed by atoms with E-state index in [4.69, 9.17) is 23.2 Å². The van der Waals surface area contributed by atoms with Crippen molar-refractivity contribution in [2.75, 3.05) is 18.8 Å². The van der Waals surface area contributed by atoms with E-state index in [9.17, 15) is 0 Å². The summed E-state index contributed by atoms with van der Waals surface area (Å²) in [6.45, 7) is 0. The molecule has 1 aromatic rings. The molecule has 0 N–H and O–H groups in total. The first-order valence-corrected chi connectivity index (χ1v) is 7.03. The second-order valence-electron chi connectivity index (χ2n) is 3.26. The normalized spacial score (nSPS) is 13.1. The fourth-order valence-corrected chi connectivity index (χ4v) is 2.92. The van der Waals surface area contributed by atoms with E-state index in [1.165, 1.54) is 0 Å². The van der Waals surface area contributed by atoms with E-state index >= 15 is 0 Å². The SMILES string of the molecule is CS(C)(C)c1ccc(Cl)nc1Cl. The third-order valence-electron chi connectivity index (χ3n) is 1.44. The van der Waals surface area contributed by atoms with Crippen LogP contribution in [0.25, 0.3) is 0 Å². The van der Waals surface area contributed by atoms with Crippen molar-refractivity contribution in [2.45, 2.75) is 4.90 Å². The lowest BCUT2D eigenvalue weighted by Crippen LogP contribution is -1.95. The summed E-state index contributed by atoms with van der Waals surface area (Å²) in [5.74, 6) is 0. The van der Waals surface area contributed by atoms with Crippen LogP contribution < -0.4 is 0 Å². The van der Waals surface area contributed by atoms with Crippen LogP contribution in [0.3, 0.4) is 0 Å². The molecular formula is C8H11Cl2NS. The zero-order valence-corrected chi connectivity index (χ0v) is 9.59. The van der Waals surface area contributed by atoms with Crippen molar-refractivity contribution < 1.29 is 0 Å². The minimum absolute atomic E-state index is 0.451. The van der Waals surface area contributed by atoms with Crippen molar-refractivity contribution in [3.8, 4) is 0 Å². The number of aromatic nitrogens is 1. The van der Waals surface area contributed by atoms with Crippen molar-refractivity contribution >= 4 is 33.2 Å². The lowest BCUT2D eigenvalue weighted by Gasteiger charge is -2.26. The van der Waals surface area contributed by atoms with Crippen molar-refractivity contribution in [1.82, 2.24) is 4.98 Å². The minimum atomic E-state index is -0.803. The quantitative estimate of drug-likeness (QED) is 0.666. The molecule has 0 bridgehead atoms. The predicted octanol–water partition coefficient (Wildman–Crippen LogP) is 3.44. The van der Waals surface area contributed by atoms with Gasteiger partial charge in [-0.15, -0.1) is 0 Å². The summed E-state index contributed by atoms with van der Waals surface area (Å²) >= 11 is 11.6. The number of pyridine rings is 1. The molecule has 0 amide bonds. The van der Waals surface area contributed by atoms with Crippen LogP contribution >= 0.6 is 33.2 Å². The van der Waals surface area contributed by atoms with E-state index in [-0.39, 0.29) is 0 Å². The molecule has 1 rings (SSSR count). The van der Waals surface area contributed by atoms with Gasteiger partial charge in [0.1, 0.15) is 10.3 Å². The Hall–Kier alpha value is 0.0800. The van der Waals surface area contributed by atoms with Crippen LogP contribution in [0.5, 0.6) is 0 Å². The van der Waals surface area contributed by atoms with Crippen molar-refractivity contribution in [2.24, 2.45) is 0 Å². The van der Waals surface area contributed by atoms with Crippen LogP contribution in [0, 0.1) is 0 Å². The summed E-state index contributed by atoms with van der Waals surface area (Å²) in [7, 11) is -0.803. The zero-order valence-electron chi connectivity index (χ0n) is 7.27. The summed E-state index contributed by atoms with van der Waals surface area (Å²) in [6.07, 6.45) is 6.51. The highest BCUT2D eigenvalue weighted by Crippen LogP contribution is 2.48. The van der Waals surface area contributed by atoms with E-state index in [0.717, 1.165) is 4.90 Å². The third-order valence-corrected chi connectivity index (χ3v) is 3.70. The Bertz CT molecular complexity index is 294. The average Bonchev–Trinajstić information content (AvgIpc) is 1.83. The highest BCUT2D eigenvalue weighted by Gasteiger charge is 2.12. The molecule has 0 aliphatic rings. The number of rotatable bonds is 1. The second-order valence-corrected chi connectivity index (χ2v) is 8.12. The molecule has 0 spiro atoms. The molecule has 4 heteroatoms. The molecule has 0 saturated heterocycles. The first kappa shape index (κ1) is 10.2. The number of hydrogen-bond donors (Lipinski definition) is 0. The smallest absolute Gasteiger partial charge is 0.142 e. The van der Waals surface area contributed by atoms with Gasteiger partial charge in [-0.2, -0.15) is 0 Å². The lowest BCUT2D eigenvalue weighted by atomic mass is 10.5. The van der Waals surface area contributed by atoms with Gasteiger partial charge in [-0.1, -0.05) is 23.2 Å². The minimum Gasteiger partial charge on any atom is -0.223 e. The highest BCUT2D eigenvalue weighted by molar-refractivity contribution is 8.32. The Morgan fingerprint density at radius 2 is 1.75 bits per heavy atom. The van der Waals surface area contributed by atoms with E-state index in [2.05, 4.69) is 23.8 Å². The van der Waals surface area contributed by atoms with Crippen LogP contribution in [0.15, 0.2) is 17.0 Å². The third kappa shape index (κ3) is 2.28. The van der Waals surface area contributed by atoms with E-state index in [1.54, 1.807) is 6.07 Å². The number of halogens is 2. The fourth-order valence-electron chi connectivity index (χ4n) is 0.856. The van der Waals surface area contributed by atoms with Crippen LogP contribution in [0.1, 0.15) is 0 Å². The van der Waals surface area contributed by atoms with Gasteiger partial charge in [0.2, 0.25) is 0 Å². The van der Waals surface area contributed by atoms with Crippen LogP contribution in [0.4, 0.5) is 0 Å². The standard InChI is InChI=1S/C8H11Cl2NS/c1-12(2,3)6-4-5-7(9)11-8(6)10/h4-5H,1-3H3. The van der Waals surface area contributed by atoms with Gasteiger partial charge in [-0.05, 0) is 30.9 Å². The molecule has 0 fully saturated rings. The summed E-state index contributed by atoms with van der Waals surface area (Å²) in [5, 5.41) is 0.984. The van der Waals surface area contributed by atoms with Crippen LogP contribution in [-0.4, -0.2) is 23.8 Å². The molecule has 0 radical (unpaired) electrons. The van der Waals surface area contributed by atoms with Gasteiger partial charge < -0.3 is 0 Å². The van der Waals surface area contributed by atoms with Gasteiger partial charge in [0, 0.05) is 4.90 Å². The highest BCUT2D eigenvalue weighted by atomic mass is 35.5. The van der Waals surface area contributed by atoms with Gasteiger partial charge in [-0.3, -0.25) is 0 Å². The molecular weight excluding hydrogens is 213 g/mol. The van der Waals surface area contributed by atoms with E-state index in [0.29, 0.717) is 10.3 Å². The Labute approximate surface area is 84.4 Å². The number of nitrogens with zero attached hydrogens (tertiary/aromatic N) is 1. The topological polar surface area (TPSA) is 12.9 Å². The molecule has 0 saturated carbocycles. The molecule has 0 aliphatic carbocycles. The first-order valence-electron chi connectivity index (χ1n) is 3.41. The maximum atomic E-state index is 5.94. The van der Waals surface area contributed by atoms with Gasteiger partial charge in [0.05, 0.1) is 0 Å². The van der Waals surface area contributed by atoms with Crippen molar-refractivity contribution in [3.05, 3.63) is 22.4 Å². The Balaban J connectivity index is 3.19. The lowest BCUT2D eigenvalue weighted by molar-refractivity contribution is 1.23. The van der Waals surface area contributed by atoms with E-state index in [1.807, 2.05) is 6.07 Å². The Morgan fingerprint density at radius 1 is 1.17 bits per heavy atom. The van der Waals surface area contributed by atoms with E-state index < -0.39 is 10.0 Å². The monoisotopic (exact) mass is 223 g/mol. The maximum absolute atomic E-state index is 5.94. The summed E-state index contributed by atoms with van der Waals surface area (Å²) < 4.78 is 0. The average molecular weight is 224 g/mol. The van der Waals surface area contributed by atoms with Crippen molar-refractivity contribution in [1.29, 1.82) is 0 Å². The second kappa shape index (κ2) is 3.44. The molecule has 68 valence electrons. The molecule has 0 aromatic carbocycles. The Kier molecular flexibility index (Phi) is 2.92. The molecule has 1 nitrogen and oxygen atoms in total. The predicted molar refractivity (Wildman–Crippen MR) is 57.9 cm³/mol. The molecule has 1 aromatic heterocycles. The molecule has 12 heavy (non-hydrogen) atoms. The fraction of sp³-hybridized carbons (Fsp3) is 0.375. The first-order chi connectivity index (χ1) is 5.41. The Morgan fingerprint density at radius 3 is 2.17 bits per heavy atom. The molecule has 0 aliphatic heterocycles. The maximum Gasteiger partial charge on any atom is 0.142 e. The van der Waals surface area contributed by atoms with Gasteiger partial charge in [0.15, 0.2) is 0 Å². The largest absolute Gasteiger partial charge is 0.223 e. The summed E-state index contributed by atoms with van der Waals surface area (Å²) in [6, 6.07) is 3.73. The summed E-state index contributed by atoms with van der Waals surface area (Å²) in [5.41, 5.74) is 0. The molecule has 0 atom stereocenters. The zero-order chi connectivity index (χ0) is 9.35. The number of hydrogen-bond acceptors (Lipinski definition) is 1. The van der Waals surface area contributed by atoms with Crippen molar-refractivity contribution in [3.63, 3.8) is 0 Å². The van der Waals surface area contributed by atoms with Gasteiger partial charge in [-0.25, -0.2) is 15.0 Å². The van der Waals surface area contributed by atoms with Crippen LogP contribution in [0.2, 0.25) is 10.3 Å². The van der Waals surface area contributed by atoms with Gasteiger partial charge in [0.25, 0.3) is 0 Å².